The van der Waals surface area contributed by atoms with Crippen LogP contribution in [-0.4, -0.2) is 41.0 Å². The Hall–Kier alpha value is -2.30. The first-order valence-electron chi connectivity index (χ1n) is 8.94. The Morgan fingerprint density at radius 3 is 2.60 bits per heavy atom. The average Bonchev–Trinajstić information content (AvgIpc) is 2.97. The molecule has 1 heterocycles. The number of hydrogen-bond donors (Lipinski definition) is 0. The van der Waals surface area contributed by atoms with Crippen molar-refractivity contribution in [1.82, 2.24) is 9.47 Å². The smallest absolute Gasteiger partial charge is 0.340 e. The lowest BCUT2D eigenvalue weighted by molar-refractivity contribution is -0.136. The van der Waals surface area contributed by atoms with Crippen LogP contribution in [0.3, 0.4) is 0 Å². The van der Waals surface area contributed by atoms with Gasteiger partial charge >= 0.3 is 5.97 Å². The molecule has 0 saturated heterocycles. The molecular formula is C20H26N2O3. The molecule has 1 aliphatic carbocycles. The van der Waals surface area contributed by atoms with E-state index in [-0.39, 0.29) is 18.6 Å². The van der Waals surface area contributed by atoms with E-state index in [2.05, 4.69) is 6.92 Å². The molecule has 1 aromatic heterocycles. The van der Waals surface area contributed by atoms with Gasteiger partial charge in [-0.2, -0.15) is 0 Å². The number of likely N-dealkylation sites (N-methyl/N-ethyl adjacent to an activating group) is 1. The van der Waals surface area contributed by atoms with Crippen molar-refractivity contribution in [1.29, 1.82) is 0 Å². The van der Waals surface area contributed by atoms with Gasteiger partial charge in [0, 0.05) is 37.2 Å². The van der Waals surface area contributed by atoms with E-state index in [1.165, 1.54) is 0 Å². The molecule has 0 unspecified atom stereocenters. The van der Waals surface area contributed by atoms with Crippen LogP contribution in [0.4, 0.5) is 0 Å². The highest BCUT2D eigenvalue weighted by Gasteiger charge is 2.25. The van der Waals surface area contributed by atoms with E-state index < -0.39 is 5.97 Å². The average molecular weight is 342 g/mol. The fourth-order valence-corrected chi connectivity index (χ4v) is 3.64. The number of carbonyl (C=O) groups excluding carboxylic acids is 2. The minimum atomic E-state index is -0.448. The zero-order valence-corrected chi connectivity index (χ0v) is 15.2. The molecule has 1 aliphatic rings. The van der Waals surface area contributed by atoms with Crippen molar-refractivity contribution in [2.75, 3.05) is 13.7 Å². The summed E-state index contributed by atoms with van der Waals surface area (Å²) in [6.45, 7) is 2.05. The molecule has 2 aromatic rings. The first-order valence-corrected chi connectivity index (χ1v) is 8.94. The number of amides is 1. The summed E-state index contributed by atoms with van der Waals surface area (Å²) in [6.07, 6.45) is 6.11. The van der Waals surface area contributed by atoms with Gasteiger partial charge in [0.05, 0.1) is 5.56 Å². The number of fused-ring (bicyclic) bond motifs is 1. The lowest BCUT2D eigenvalue weighted by atomic mass is 9.87. The number of aryl methyl sites for hydroxylation is 1. The summed E-state index contributed by atoms with van der Waals surface area (Å²) in [7, 11) is 3.71. The molecule has 1 fully saturated rings. The van der Waals surface area contributed by atoms with E-state index in [1.54, 1.807) is 11.1 Å². The minimum absolute atomic E-state index is 0.131. The van der Waals surface area contributed by atoms with Gasteiger partial charge in [0.1, 0.15) is 0 Å². The number of carbonyl (C=O) groups is 2. The van der Waals surface area contributed by atoms with Gasteiger partial charge in [-0.3, -0.25) is 4.79 Å². The fraction of sp³-hybridized carbons (Fsp3) is 0.500. The molecule has 0 atom stereocenters. The number of hydrogen-bond acceptors (Lipinski definition) is 3. The molecule has 5 nitrogen and oxygen atoms in total. The number of nitrogens with zero attached hydrogens (tertiary/aromatic N) is 2. The Kier molecular flexibility index (Phi) is 5.11. The number of benzene rings is 1. The van der Waals surface area contributed by atoms with Crippen molar-refractivity contribution in [3.8, 4) is 0 Å². The molecular weight excluding hydrogens is 316 g/mol. The molecule has 0 aliphatic heterocycles. The standard InChI is InChI=1S/C20H26N2O3/c1-14-8-10-15(11-9-14)22(3)19(23)13-25-20(24)17-12-21(2)18-7-5-4-6-16(17)18/h4-7,12,14-15H,8-11,13H2,1-3H3. The van der Waals surface area contributed by atoms with E-state index in [4.69, 9.17) is 4.74 Å². The third-order valence-corrected chi connectivity index (χ3v) is 5.37. The number of esters is 1. The maximum Gasteiger partial charge on any atom is 0.340 e. The second kappa shape index (κ2) is 7.30. The summed E-state index contributed by atoms with van der Waals surface area (Å²) in [6, 6.07) is 7.93. The SMILES string of the molecule is CC1CCC(N(C)C(=O)COC(=O)c2cn(C)c3ccccc23)CC1. The molecule has 0 N–H and O–H groups in total. The van der Waals surface area contributed by atoms with Crippen LogP contribution >= 0.6 is 0 Å². The first kappa shape index (κ1) is 17.5. The quantitative estimate of drug-likeness (QED) is 0.801. The van der Waals surface area contributed by atoms with Crippen molar-refractivity contribution < 1.29 is 14.3 Å². The summed E-state index contributed by atoms with van der Waals surface area (Å²) >= 11 is 0. The predicted molar refractivity (Wildman–Crippen MR) is 97.4 cm³/mol. The minimum Gasteiger partial charge on any atom is -0.452 e. The van der Waals surface area contributed by atoms with Crippen molar-refractivity contribution >= 4 is 22.8 Å². The molecule has 25 heavy (non-hydrogen) atoms. The number of aromatic nitrogens is 1. The van der Waals surface area contributed by atoms with E-state index in [0.29, 0.717) is 5.56 Å². The summed E-state index contributed by atoms with van der Waals surface area (Å²) in [4.78, 5) is 26.5. The number of ether oxygens (including phenoxy) is 1. The molecule has 1 amide bonds. The van der Waals surface area contributed by atoms with E-state index in [9.17, 15) is 9.59 Å². The molecule has 0 radical (unpaired) electrons. The van der Waals surface area contributed by atoms with E-state index >= 15 is 0 Å². The van der Waals surface area contributed by atoms with Crippen LogP contribution in [0.15, 0.2) is 30.5 Å². The zero-order valence-electron chi connectivity index (χ0n) is 15.2. The Balaban J connectivity index is 1.60. The van der Waals surface area contributed by atoms with Gasteiger partial charge in [-0.1, -0.05) is 25.1 Å². The highest BCUT2D eigenvalue weighted by molar-refractivity contribution is 6.04. The third kappa shape index (κ3) is 3.70. The summed E-state index contributed by atoms with van der Waals surface area (Å²) in [5.74, 6) is 0.160. The van der Waals surface area contributed by atoms with Crippen LogP contribution in [0, 0.1) is 5.92 Å². The molecule has 134 valence electrons. The number of rotatable bonds is 4. The van der Waals surface area contributed by atoms with Crippen LogP contribution in [0.1, 0.15) is 43.0 Å². The lowest BCUT2D eigenvalue weighted by Gasteiger charge is -2.33. The van der Waals surface area contributed by atoms with Gasteiger partial charge < -0.3 is 14.2 Å². The topological polar surface area (TPSA) is 51.5 Å². The van der Waals surface area contributed by atoms with Crippen LogP contribution in [0.5, 0.6) is 0 Å². The maximum atomic E-state index is 12.4. The normalized spacial score (nSPS) is 20.4. The second-order valence-electron chi connectivity index (χ2n) is 7.17. The molecule has 1 saturated carbocycles. The van der Waals surface area contributed by atoms with Gasteiger partial charge in [-0.15, -0.1) is 0 Å². The Labute approximate surface area is 148 Å². The molecule has 0 bridgehead atoms. The van der Waals surface area contributed by atoms with Gasteiger partial charge in [0.15, 0.2) is 6.61 Å². The summed E-state index contributed by atoms with van der Waals surface area (Å²) in [5.41, 5.74) is 1.47. The Morgan fingerprint density at radius 2 is 1.88 bits per heavy atom. The van der Waals surface area contributed by atoms with Crippen LogP contribution in [0.25, 0.3) is 10.9 Å². The third-order valence-electron chi connectivity index (χ3n) is 5.37. The number of para-hydroxylation sites is 1. The molecule has 5 heteroatoms. The first-order chi connectivity index (χ1) is 12.0. The molecule has 3 rings (SSSR count). The van der Waals surface area contributed by atoms with E-state index in [1.807, 2.05) is 42.9 Å². The van der Waals surface area contributed by atoms with E-state index in [0.717, 1.165) is 42.5 Å². The largest absolute Gasteiger partial charge is 0.452 e. The summed E-state index contributed by atoms with van der Waals surface area (Å²) in [5, 5.41) is 0.845. The maximum absolute atomic E-state index is 12.4. The highest BCUT2D eigenvalue weighted by Crippen LogP contribution is 2.26. The van der Waals surface area contributed by atoms with Crippen molar-refractivity contribution in [3.63, 3.8) is 0 Å². The lowest BCUT2D eigenvalue weighted by Crippen LogP contribution is -2.41. The second-order valence-corrected chi connectivity index (χ2v) is 7.17. The van der Waals surface area contributed by atoms with Crippen LogP contribution < -0.4 is 0 Å². The van der Waals surface area contributed by atoms with Crippen LogP contribution in [-0.2, 0) is 16.6 Å². The Morgan fingerprint density at radius 1 is 1.20 bits per heavy atom. The fourth-order valence-electron chi connectivity index (χ4n) is 3.64. The van der Waals surface area contributed by atoms with Crippen molar-refractivity contribution in [2.45, 2.75) is 38.6 Å². The highest BCUT2D eigenvalue weighted by atomic mass is 16.5. The van der Waals surface area contributed by atoms with Crippen molar-refractivity contribution in [2.24, 2.45) is 13.0 Å². The predicted octanol–water partition coefficient (Wildman–Crippen LogP) is 3.37. The Bertz CT molecular complexity index is 772. The van der Waals surface area contributed by atoms with Crippen LogP contribution in [0.2, 0.25) is 0 Å². The summed E-state index contributed by atoms with van der Waals surface area (Å²) < 4.78 is 7.19. The van der Waals surface area contributed by atoms with Crippen molar-refractivity contribution in [3.05, 3.63) is 36.0 Å². The zero-order chi connectivity index (χ0) is 18.0. The van der Waals surface area contributed by atoms with Gasteiger partial charge in [-0.25, -0.2) is 4.79 Å². The van der Waals surface area contributed by atoms with Gasteiger partial charge in [0.2, 0.25) is 0 Å². The monoisotopic (exact) mass is 342 g/mol. The van der Waals surface area contributed by atoms with Gasteiger partial charge in [0.25, 0.3) is 5.91 Å². The molecule has 1 aromatic carbocycles. The van der Waals surface area contributed by atoms with Gasteiger partial charge in [-0.05, 0) is 37.7 Å². The molecule has 0 spiro atoms.